The SMILES string of the molecule is [CH2]C(C)N1CCN(C(c2ccc(F)cc2)c2ccc(F)cc2)CC1. The lowest BCUT2D eigenvalue weighted by Crippen LogP contribution is -2.50. The van der Waals surface area contributed by atoms with Crippen LogP contribution < -0.4 is 0 Å². The van der Waals surface area contributed by atoms with Gasteiger partial charge in [-0.1, -0.05) is 24.3 Å². The van der Waals surface area contributed by atoms with Crippen molar-refractivity contribution in [2.75, 3.05) is 26.2 Å². The predicted octanol–water partition coefficient (Wildman–Crippen LogP) is 3.89. The van der Waals surface area contributed by atoms with Crippen molar-refractivity contribution < 1.29 is 8.78 Å². The lowest BCUT2D eigenvalue weighted by atomic mass is 9.96. The van der Waals surface area contributed by atoms with E-state index in [1.807, 2.05) is 24.3 Å². The van der Waals surface area contributed by atoms with Crippen LogP contribution >= 0.6 is 0 Å². The molecule has 0 saturated carbocycles. The van der Waals surface area contributed by atoms with Crippen LogP contribution in [0.25, 0.3) is 0 Å². The average molecular weight is 329 g/mol. The fraction of sp³-hybridized carbons (Fsp3) is 0.350. The Balaban J connectivity index is 1.88. The Morgan fingerprint density at radius 2 is 1.12 bits per heavy atom. The molecule has 2 nitrogen and oxygen atoms in total. The summed E-state index contributed by atoms with van der Waals surface area (Å²) in [5.41, 5.74) is 2.05. The maximum absolute atomic E-state index is 13.3. The van der Waals surface area contributed by atoms with Gasteiger partial charge < -0.3 is 0 Å². The van der Waals surface area contributed by atoms with E-state index in [2.05, 4.69) is 23.6 Å². The molecule has 3 rings (SSSR count). The van der Waals surface area contributed by atoms with Crippen molar-refractivity contribution in [1.29, 1.82) is 0 Å². The van der Waals surface area contributed by atoms with Crippen LogP contribution in [0.15, 0.2) is 48.5 Å². The van der Waals surface area contributed by atoms with Gasteiger partial charge in [0, 0.05) is 32.2 Å². The van der Waals surface area contributed by atoms with Gasteiger partial charge in [-0.25, -0.2) is 8.78 Å². The summed E-state index contributed by atoms with van der Waals surface area (Å²) in [6, 6.07) is 13.5. The molecule has 1 unspecified atom stereocenters. The van der Waals surface area contributed by atoms with E-state index in [0.717, 1.165) is 37.3 Å². The number of piperazine rings is 1. The summed E-state index contributed by atoms with van der Waals surface area (Å²) >= 11 is 0. The summed E-state index contributed by atoms with van der Waals surface area (Å²) < 4.78 is 26.6. The Bertz CT molecular complexity index is 599. The van der Waals surface area contributed by atoms with E-state index in [1.165, 1.54) is 24.3 Å². The summed E-state index contributed by atoms with van der Waals surface area (Å²) in [5.74, 6) is -0.486. The highest BCUT2D eigenvalue weighted by atomic mass is 19.1. The van der Waals surface area contributed by atoms with Crippen LogP contribution in [0.2, 0.25) is 0 Å². The third-order valence-electron chi connectivity index (χ3n) is 4.71. The highest BCUT2D eigenvalue weighted by Crippen LogP contribution is 2.30. The quantitative estimate of drug-likeness (QED) is 0.839. The summed E-state index contributed by atoms with van der Waals surface area (Å²) in [5, 5.41) is 0. The second-order valence-corrected chi connectivity index (χ2v) is 6.43. The van der Waals surface area contributed by atoms with Crippen molar-refractivity contribution >= 4 is 0 Å². The fourth-order valence-electron chi connectivity index (χ4n) is 3.34. The zero-order valence-electron chi connectivity index (χ0n) is 14.0. The Hall–Kier alpha value is -1.78. The summed E-state index contributed by atoms with van der Waals surface area (Å²) in [4.78, 5) is 4.72. The average Bonchev–Trinajstić information content (AvgIpc) is 2.59. The van der Waals surface area contributed by atoms with Gasteiger partial charge in [0.2, 0.25) is 0 Å². The van der Waals surface area contributed by atoms with E-state index in [4.69, 9.17) is 0 Å². The van der Waals surface area contributed by atoms with Crippen LogP contribution in [0.4, 0.5) is 8.78 Å². The normalized spacial score (nSPS) is 16.9. The number of halogens is 2. The molecule has 24 heavy (non-hydrogen) atoms. The van der Waals surface area contributed by atoms with E-state index in [1.54, 1.807) is 0 Å². The fourth-order valence-corrected chi connectivity index (χ4v) is 3.34. The smallest absolute Gasteiger partial charge is 0.123 e. The van der Waals surface area contributed by atoms with Gasteiger partial charge in [-0.2, -0.15) is 0 Å². The van der Waals surface area contributed by atoms with Gasteiger partial charge in [0.05, 0.1) is 6.04 Å². The van der Waals surface area contributed by atoms with E-state index in [9.17, 15) is 8.78 Å². The highest BCUT2D eigenvalue weighted by molar-refractivity contribution is 5.32. The summed E-state index contributed by atoms with van der Waals surface area (Å²) in [6.07, 6.45) is 0. The molecule has 2 aromatic rings. The Morgan fingerprint density at radius 1 is 0.750 bits per heavy atom. The lowest BCUT2D eigenvalue weighted by Gasteiger charge is -2.41. The van der Waals surface area contributed by atoms with Crippen molar-refractivity contribution in [1.82, 2.24) is 9.80 Å². The third-order valence-corrected chi connectivity index (χ3v) is 4.71. The molecule has 2 aromatic carbocycles. The number of benzene rings is 2. The maximum atomic E-state index is 13.3. The molecule has 0 aromatic heterocycles. The zero-order chi connectivity index (χ0) is 17.1. The third kappa shape index (κ3) is 3.82. The predicted molar refractivity (Wildman–Crippen MR) is 92.6 cm³/mol. The van der Waals surface area contributed by atoms with Gasteiger partial charge in [0.15, 0.2) is 0 Å². The molecule has 4 heteroatoms. The van der Waals surface area contributed by atoms with Crippen LogP contribution in [0, 0.1) is 18.6 Å². The van der Waals surface area contributed by atoms with Gasteiger partial charge in [-0.05, 0) is 49.2 Å². The van der Waals surface area contributed by atoms with Crippen LogP contribution in [0.3, 0.4) is 0 Å². The van der Waals surface area contributed by atoms with Crippen LogP contribution in [0.1, 0.15) is 24.1 Å². The second kappa shape index (κ2) is 7.41. The largest absolute Gasteiger partial charge is 0.298 e. The van der Waals surface area contributed by atoms with Gasteiger partial charge in [0.1, 0.15) is 11.6 Å². The molecule has 1 aliphatic rings. The number of rotatable bonds is 4. The first-order valence-electron chi connectivity index (χ1n) is 8.36. The molecule has 0 bridgehead atoms. The molecule has 1 atom stereocenters. The number of hydrogen-bond acceptors (Lipinski definition) is 2. The molecule has 127 valence electrons. The van der Waals surface area contributed by atoms with Gasteiger partial charge in [-0.15, -0.1) is 0 Å². The molecule has 1 aliphatic heterocycles. The molecular weight excluding hydrogens is 306 g/mol. The van der Waals surface area contributed by atoms with Crippen LogP contribution in [-0.2, 0) is 0 Å². The second-order valence-electron chi connectivity index (χ2n) is 6.43. The summed E-state index contributed by atoms with van der Waals surface area (Å²) in [6.45, 7) is 9.90. The van der Waals surface area contributed by atoms with E-state index < -0.39 is 0 Å². The maximum Gasteiger partial charge on any atom is 0.123 e. The Morgan fingerprint density at radius 3 is 1.50 bits per heavy atom. The molecule has 1 fully saturated rings. The minimum absolute atomic E-state index is 0.00784. The van der Waals surface area contributed by atoms with Crippen molar-refractivity contribution in [3.63, 3.8) is 0 Å². The van der Waals surface area contributed by atoms with Crippen LogP contribution in [-0.4, -0.2) is 42.0 Å². The molecule has 0 amide bonds. The molecule has 0 spiro atoms. The Kier molecular flexibility index (Phi) is 5.27. The van der Waals surface area contributed by atoms with Gasteiger partial charge in [0.25, 0.3) is 0 Å². The first kappa shape index (κ1) is 17.1. The molecular formula is C20H23F2N2. The first-order valence-corrected chi connectivity index (χ1v) is 8.36. The van der Waals surface area contributed by atoms with Gasteiger partial charge in [-0.3, -0.25) is 9.80 Å². The standard InChI is InChI=1S/C20H23F2N2/c1-15(2)23-11-13-24(14-12-23)20(16-3-7-18(21)8-4-16)17-5-9-19(22)10-6-17/h3-10,15,20H,1,11-14H2,2H3. The molecule has 0 aliphatic carbocycles. The molecule has 1 saturated heterocycles. The van der Waals surface area contributed by atoms with Gasteiger partial charge >= 0.3 is 0 Å². The zero-order valence-corrected chi connectivity index (χ0v) is 14.0. The highest BCUT2D eigenvalue weighted by Gasteiger charge is 2.27. The molecule has 1 heterocycles. The molecule has 1 radical (unpaired) electrons. The number of hydrogen-bond donors (Lipinski definition) is 0. The molecule has 0 N–H and O–H groups in total. The van der Waals surface area contributed by atoms with Crippen LogP contribution in [0.5, 0.6) is 0 Å². The van der Waals surface area contributed by atoms with E-state index >= 15 is 0 Å². The minimum atomic E-state index is -0.243. The Labute approximate surface area is 142 Å². The van der Waals surface area contributed by atoms with E-state index in [-0.39, 0.29) is 17.7 Å². The van der Waals surface area contributed by atoms with Crippen molar-refractivity contribution in [3.05, 3.63) is 78.2 Å². The van der Waals surface area contributed by atoms with Crippen molar-refractivity contribution in [3.8, 4) is 0 Å². The summed E-state index contributed by atoms with van der Waals surface area (Å²) in [7, 11) is 0. The van der Waals surface area contributed by atoms with Crippen molar-refractivity contribution in [2.24, 2.45) is 0 Å². The number of nitrogens with zero attached hydrogens (tertiary/aromatic N) is 2. The topological polar surface area (TPSA) is 6.48 Å². The monoisotopic (exact) mass is 329 g/mol. The first-order chi connectivity index (χ1) is 11.5. The lowest BCUT2D eigenvalue weighted by molar-refractivity contribution is 0.0958. The van der Waals surface area contributed by atoms with Crippen molar-refractivity contribution in [2.45, 2.75) is 19.0 Å². The van der Waals surface area contributed by atoms with E-state index in [0.29, 0.717) is 6.04 Å². The minimum Gasteiger partial charge on any atom is -0.298 e.